The Morgan fingerprint density at radius 1 is 1.50 bits per heavy atom. The minimum Gasteiger partial charge on any atom is -0.495 e. The standard InChI is InChI=1S/C14H17NO3/c1-2-6-13(16)15-12(10-18-14(15)17)9-11-7-4-3-5-8-11/h3-8,12,16H,2,9-10H2,1H3/b13-6+/t12-/m1/s1. The summed E-state index contributed by atoms with van der Waals surface area (Å²) in [6.07, 6.45) is 2.49. The number of carbonyl (C=O) groups is 1. The Bertz CT molecular complexity index is 442. The number of nitrogens with zero attached hydrogens (tertiary/aromatic N) is 1. The highest BCUT2D eigenvalue weighted by molar-refractivity contribution is 5.72. The average Bonchev–Trinajstić information content (AvgIpc) is 2.72. The summed E-state index contributed by atoms with van der Waals surface area (Å²) in [6, 6.07) is 9.73. The summed E-state index contributed by atoms with van der Waals surface area (Å²) < 4.78 is 5.00. The molecule has 1 amide bonds. The van der Waals surface area contributed by atoms with Crippen LogP contribution < -0.4 is 0 Å². The molecule has 96 valence electrons. The predicted molar refractivity (Wildman–Crippen MR) is 68.1 cm³/mol. The van der Waals surface area contributed by atoms with Crippen molar-refractivity contribution in [2.45, 2.75) is 25.8 Å². The summed E-state index contributed by atoms with van der Waals surface area (Å²) in [6.45, 7) is 2.22. The highest BCUT2D eigenvalue weighted by Crippen LogP contribution is 2.21. The van der Waals surface area contributed by atoms with Crippen LogP contribution in [0, 0.1) is 0 Å². The smallest absolute Gasteiger partial charge is 0.417 e. The van der Waals surface area contributed by atoms with Crippen molar-refractivity contribution in [1.29, 1.82) is 0 Å². The van der Waals surface area contributed by atoms with Crippen molar-refractivity contribution in [2.24, 2.45) is 0 Å². The zero-order chi connectivity index (χ0) is 13.0. The van der Waals surface area contributed by atoms with Crippen molar-refractivity contribution in [3.63, 3.8) is 0 Å². The Morgan fingerprint density at radius 2 is 2.22 bits per heavy atom. The molecule has 2 rings (SSSR count). The Kier molecular flexibility index (Phi) is 3.87. The number of carbonyl (C=O) groups excluding carboxylic acids is 1. The van der Waals surface area contributed by atoms with Crippen LogP contribution >= 0.6 is 0 Å². The monoisotopic (exact) mass is 247 g/mol. The second-order valence-corrected chi connectivity index (χ2v) is 4.26. The predicted octanol–water partition coefficient (Wildman–Crippen LogP) is 2.86. The van der Waals surface area contributed by atoms with Gasteiger partial charge >= 0.3 is 6.09 Å². The molecule has 1 fully saturated rings. The first-order valence-corrected chi connectivity index (χ1v) is 6.11. The summed E-state index contributed by atoms with van der Waals surface area (Å²) >= 11 is 0. The average molecular weight is 247 g/mol. The molecular weight excluding hydrogens is 230 g/mol. The van der Waals surface area contributed by atoms with Gasteiger partial charge in [-0.25, -0.2) is 9.69 Å². The summed E-state index contributed by atoms with van der Waals surface area (Å²) in [5.41, 5.74) is 1.12. The number of hydrogen-bond donors (Lipinski definition) is 1. The molecule has 4 heteroatoms. The fourth-order valence-corrected chi connectivity index (χ4v) is 2.06. The van der Waals surface area contributed by atoms with E-state index in [1.165, 1.54) is 4.90 Å². The van der Waals surface area contributed by atoms with Crippen molar-refractivity contribution in [3.8, 4) is 0 Å². The number of amides is 1. The van der Waals surface area contributed by atoms with E-state index < -0.39 is 6.09 Å². The van der Waals surface area contributed by atoms with Gasteiger partial charge in [-0.05, 0) is 24.5 Å². The molecule has 1 aliphatic rings. The van der Waals surface area contributed by atoms with E-state index in [0.29, 0.717) is 19.4 Å². The molecule has 1 heterocycles. The van der Waals surface area contributed by atoms with Crippen LogP contribution in [-0.4, -0.2) is 28.7 Å². The fraction of sp³-hybridized carbons (Fsp3) is 0.357. The van der Waals surface area contributed by atoms with Crippen molar-refractivity contribution in [3.05, 3.63) is 47.9 Å². The SMILES string of the molecule is CC/C=C(/O)N1C(=O)OC[C@H]1Cc1ccccc1. The lowest BCUT2D eigenvalue weighted by Gasteiger charge is -2.20. The number of aliphatic hydroxyl groups is 1. The lowest BCUT2D eigenvalue weighted by Crippen LogP contribution is -2.34. The molecule has 18 heavy (non-hydrogen) atoms. The fourth-order valence-electron chi connectivity index (χ4n) is 2.06. The van der Waals surface area contributed by atoms with E-state index in [0.717, 1.165) is 5.56 Å². The molecule has 0 unspecified atom stereocenters. The Morgan fingerprint density at radius 3 is 2.89 bits per heavy atom. The van der Waals surface area contributed by atoms with Crippen molar-refractivity contribution < 1.29 is 14.6 Å². The van der Waals surface area contributed by atoms with Crippen molar-refractivity contribution in [2.75, 3.05) is 6.61 Å². The molecule has 1 N–H and O–H groups in total. The van der Waals surface area contributed by atoms with E-state index in [4.69, 9.17) is 4.74 Å². The maximum Gasteiger partial charge on any atom is 0.417 e. The van der Waals surface area contributed by atoms with Gasteiger partial charge in [0, 0.05) is 0 Å². The summed E-state index contributed by atoms with van der Waals surface area (Å²) in [5, 5.41) is 9.85. The lowest BCUT2D eigenvalue weighted by atomic mass is 10.1. The summed E-state index contributed by atoms with van der Waals surface area (Å²) in [5.74, 6) is -0.0130. The first-order chi connectivity index (χ1) is 8.72. The number of hydrogen-bond acceptors (Lipinski definition) is 3. The largest absolute Gasteiger partial charge is 0.495 e. The van der Waals surface area contributed by atoms with Gasteiger partial charge in [-0.2, -0.15) is 0 Å². The normalized spacial score (nSPS) is 20.1. The number of ether oxygens (including phenoxy) is 1. The van der Waals surface area contributed by atoms with E-state index in [-0.39, 0.29) is 11.9 Å². The molecule has 0 spiro atoms. The molecule has 1 aliphatic heterocycles. The number of allylic oxidation sites excluding steroid dienone is 1. The van der Waals surface area contributed by atoms with Gasteiger partial charge in [0.1, 0.15) is 6.61 Å². The second-order valence-electron chi connectivity index (χ2n) is 4.26. The molecule has 0 radical (unpaired) electrons. The molecule has 0 aliphatic carbocycles. The van der Waals surface area contributed by atoms with Gasteiger partial charge in [0.2, 0.25) is 0 Å². The van der Waals surface area contributed by atoms with Gasteiger partial charge in [-0.15, -0.1) is 0 Å². The van der Waals surface area contributed by atoms with Gasteiger partial charge < -0.3 is 9.84 Å². The minimum absolute atomic E-state index is 0.0130. The first kappa shape index (κ1) is 12.5. The van der Waals surface area contributed by atoms with Crippen LogP contribution in [0.4, 0.5) is 4.79 Å². The van der Waals surface area contributed by atoms with Crippen molar-refractivity contribution >= 4 is 6.09 Å². The van der Waals surface area contributed by atoms with Crippen molar-refractivity contribution in [1.82, 2.24) is 4.90 Å². The number of rotatable bonds is 4. The van der Waals surface area contributed by atoms with E-state index >= 15 is 0 Å². The molecule has 1 atom stereocenters. The van der Waals surface area contributed by atoms with Crippen LogP contribution in [0.15, 0.2) is 42.3 Å². The maximum atomic E-state index is 11.6. The molecular formula is C14H17NO3. The maximum absolute atomic E-state index is 11.6. The lowest BCUT2D eigenvalue weighted by molar-refractivity contribution is 0.149. The van der Waals surface area contributed by atoms with Gasteiger partial charge in [0.05, 0.1) is 6.04 Å². The molecule has 0 aromatic heterocycles. The Labute approximate surface area is 106 Å². The highest BCUT2D eigenvalue weighted by atomic mass is 16.6. The van der Waals surface area contributed by atoms with Crippen LogP contribution in [0.1, 0.15) is 18.9 Å². The minimum atomic E-state index is -0.474. The zero-order valence-electron chi connectivity index (χ0n) is 10.4. The number of aliphatic hydroxyl groups excluding tert-OH is 1. The number of cyclic esters (lactones) is 1. The van der Waals surface area contributed by atoms with Crippen LogP contribution in [0.25, 0.3) is 0 Å². The molecule has 0 bridgehead atoms. The van der Waals surface area contributed by atoms with Crippen LogP contribution in [0.3, 0.4) is 0 Å². The quantitative estimate of drug-likeness (QED) is 0.832. The molecule has 4 nitrogen and oxygen atoms in total. The molecule has 0 saturated carbocycles. The van der Waals surface area contributed by atoms with E-state index in [2.05, 4.69) is 0 Å². The van der Waals surface area contributed by atoms with E-state index in [9.17, 15) is 9.90 Å². The molecule has 1 aromatic carbocycles. The van der Waals surface area contributed by atoms with Gasteiger partial charge in [-0.1, -0.05) is 37.3 Å². The third kappa shape index (κ3) is 2.64. The van der Waals surface area contributed by atoms with E-state index in [1.807, 2.05) is 37.3 Å². The zero-order valence-corrected chi connectivity index (χ0v) is 10.4. The first-order valence-electron chi connectivity index (χ1n) is 6.11. The summed E-state index contributed by atoms with van der Waals surface area (Å²) in [7, 11) is 0. The van der Waals surface area contributed by atoms with Gasteiger partial charge in [0.25, 0.3) is 0 Å². The highest BCUT2D eigenvalue weighted by Gasteiger charge is 2.35. The Balaban J connectivity index is 2.12. The topological polar surface area (TPSA) is 49.8 Å². The Hall–Kier alpha value is -1.97. The van der Waals surface area contributed by atoms with Gasteiger partial charge in [-0.3, -0.25) is 0 Å². The summed E-state index contributed by atoms with van der Waals surface area (Å²) in [4.78, 5) is 12.9. The second kappa shape index (κ2) is 5.58. The van der Waals surface area contributed by atoms with Gasteiger partial charge in [0.15, 0.2) is 5.88 Å². The molecule has 1 saturated heterocycles. The third-order valence-electron chi connectivity index (χ3n) is 2.91. The van der Waals surface area contributed by atoms with Crippen LogP contribution in [0.2, 0.25) is 0 Å². The van der Waals surface area contributed by atoms with E-state index in [1.54, 1.807) is 6.08 Å². The molecule has 1 aromatic rings. The third-order valence-corrected chi connectivity index (χ3v) is 2.91. The van der Waals surface area contributed by atoms with Crippen LogP contribution in [-0.2, 0) is 11.2 Å². The number of benzene rings is 1. The van der Waals surface area contributed by atoms with Crippen LogP contribution in [0.5, 0.6) is 0 Å².